The van der Waals surface area contributed by atoms with Crippen LogP contribution in [0.3, 0.4) is 0 Å². The maximum Gasteiger partial charge on any atom is 0.307 e. The lowest BCUT2D eigenvalue weighted by molar-refractivity contribution is -0.136. The molecule has 0 saturated heterocycles. The average molecular weight is 273 g/mol. The van der Waals surface area contributed by atoms with Gasteiger partial charge in [-0.15, -0.1) is 0 Å². The van der Waals surface area contributed by atoms with Crippen LogP contribution in [0, 0.1) is 6.92 Å². The summed E-state index contributed by atoms with van der Waals surface area (Å²) in [5, 5.41) is 12.1. The highest BCUT2D eigenvalue weighted by Crippen LogP contribution is 2.16. The van der Waals surface area contributed by atoms with Crippen LogP contribution in [0.4, 0.5) is 0 Å². The third-order valence-electron chi connectivity index (χ3n) is 3.18. The molecule has 0 aliphatic carbocycles. The van der Waals surface area contributed by atoms with Crippen LogP contribution in [0.15, 0.2) is 40.8 Å². The molecule has 2 rings (SSSR count). The zero-order valence-electron chi connectivity index (χ0n) is 11.7. The van der Waals surface area contributed by atoms with Crippen molar-refractivity contribution in [1.29, 1.82) is 0 Å². The van der Waals surface area contributed by atoms with Crippen molar-refractivity contribution in [3.05, 3.63) is 59.0 Å². The number of aryl methyl sites for hydroxylation is 1. The van der Waals surface area contributed by atoms with Crippen molar-refractivity contribution in [2.75, 3.05) is 0 Å². The van der Waals surface area contributed by atoms with Crippen molar-refractivity contribution < 1.29 is 14.3 Å². The Hall–Kier alpha value is -2.07. The summed E-state index contributed by atoms with van der Waals surface area (Å²) in [6, 6.07) is 11.7. The van der Waals surface area contributed by atoms with E-state index in [-0.39, 0.29) is 12.5 Å². The first kappa shape index (κ1) is 14.3. The van der Waals surface area contributed by atoms with E-state index in [1.165, 1.54) is 0 Å². The Balaban J connectivity index is 1.89. The Morgan fingerprint density at radius 1 is 1.20 bits per heavy atom. The number of aliphatic carboxylic acids is 1. The minimum atomic E-state index is -0.808. The number of hydrogen-bond acceptors (Lipinski definition) is 3. The first-order valence-electron chi connectivity index (χ1n) is 6.64. The van der Waals surface area contributed by atoms with Crippen molar-refractivity contribution in [2.45, 2.75) is 32.9 Å². The van der Waals surface area contributed by atoms with Gasteiger partial charge >= 0.3 is 5.97 Å². The molecule has 1 atom stereocenters. The van der Waals surface area contributed by atoms with E-state index in [1.54, 1.807) is 0 Å². The van der Waals surface area contributed by atoms with Gasteiger partial charge in [-0.1, -0.05) is 24.3 Å². The first-order chi connectivity index (χ1) is 9.54. The van der Waals surface area contributed by atoms with Crippen LogP contribution >= 0.6 is 0 Å². The lowest BCUT2D eigenvalue weighted by atomic mass is 10.1. The fourth-order valence-electron chi connectivity index (χ4n) is 2.01. The van der Waals surface area contributed by atoms with Gasteiger partial charge in [-0.2, -0.15) is 0 Å². The van der Waals surface area contributed by atoms with E-state index in [1.807, 2.05) is 43.3 Å². The molecule has 0 amide bonds. The Kier molecular flexibility index (Phi) is 4.58. The van der Waals surface area contributed by atoms with E-state index < -0.39 is 5.97 Å². The second-order valence-electron chi connectivity index (χ2n) is 4.94. The highest BCUT2D eigenvalue weighted by Gasteiger charge is 2.08. The normalized spacial score (nSPS) is 12.3. The molecule has 1 aromatic carbocycles. The maximum absolute atomic E-state index is 10.6. The molecule has 1 unspecified atom stereocenters. The number of carbonyl (C=O) groups is 1. The predicted molar refractivity (Wildman–Crippen MR) is 76.5 cm³/mol. The van der Waals surface area contributed by atoms with Crippen LogP contribution in [0.25, 0.3) is 0 Å². The van der Waals surface area contributed by atoms with Crippen molar-refractivity contribution in [3.63, 3.8) is 0 Å². The summed E-state index contributed by atoms with van der Waals surface area (Å²) in [7, 11) is 0. The molecule has 0 aliphatic rings. The summed E-state index contributed by atoms with van der Waals surface area (Å²) in [6.45, 7) is 4.70. The van der Waals surface area contributed by atoms with Crippen molar-refractivity contribution in [1.82, 2.24) is 5.32 Å². The Morgan fingerprint density at radius 2 is 1.85 bits per heavy atom. The Morgan fingerprint density at radius 3 is 2.40 bits per heavy atom. The summed E-state index contributed by atoms with van der Waals surface area (Å²) >= 11 is 0. The third-order valence-corrected chi connectivity index (χ3v) is 3.18. The van der Waals surface area contributed by atoms with Gasteiger partial charge in [-0.25, -0.2) is 0 Å². The summed E-state index contributed by atoms with van der Waals surface area (Å²) < 4.78 is 5.57. The molecule has 2 N–H and O–H groups in total. The standard InChI is InChI=1S/C16H19NO3/c1-11-3-8-15(20-11)12(2)17-10-14-6-4-13(5-7-14)9-16(18)19/h3-8,12,17H,9-10H2,1-2H3,(H,18,19). The van der Waals surface area contributed by atoms with Crippen LogP contribution in [0.5, 0.6) is 0 Å². The topological polar surface area (TPSA) is 62.5 Å². The van der Waals surface area contributed by atoms with Crippen LogP contribution in [-0.2, 0) is 17.8 Å². The van der Waals surface area contributed by atoms with Gasteiger partial charge in [0.15, 0.2) is 0 Å². The Bertz CT molecular complexity index is 572. The molecular formula is C16H19NO3. The zero-order chi connectivity index (χ0) is 14.5. The number of benzene rings is 1. The predicted octanol–water partition coefficient (Wildman–Crippen LogP) is 3.07. The van der Waals surface area contributed by atoms with E-state index in [0.29, 0.717) is 6.54 Å². The van der Waals surface area contributed by atoms with E-state index in [4.69, 9.17) is 9.52 Å². The second kappa shape index (κ2) is 6.39. The third kappa shape index (κ3) is 3.96. The van der Waals surface area contributed by atoms with E-state index in [0.717, 1.165) is 22.6 Å². The van der Waals surface area contributed by atoms with Crippen LogP contribution in [0.1, 0.15) is 35.6 Å². The van der Waals surface area contributed by atoms with Crippen LogP contribution < -0.4 is 5.32 Å². The Labute approximate surface area is 118 Å². The summed E-state index contributed by atoms with van der Waals surface area (Å²) in [5.74, 6) is 1.02. The molecule has 0 fully saturated rings. The molecule has 0 radical (unpaired) electrons. The zero-order valence-corrected chi connectivity index (χ0v) is 11.7. The van der Waals surface area contributed by atoms with Crippen LogP contribution in [0.2, 0.25) is 0 Å². The molecule has 1 aromatic heterocycles. The van der Waals surface area contributed by atoms with Crippen molar-refractivity contribution in [2.24, 2.45) is 0 Å². The molecule has 2 aromatic rings. The van der Waals surface area contributed by atoms with Crippen molar-refractivity contribution >= 4 is 5.97 Å². The maximum atomic E-state index is 10.6. The van der Waals surface area contributed by atoms with Crippen molar-refractivity contribution in [3.8, 4) is 0 Å². The first-order valence-corrected chi connectivity index (χ1v) is 6.64. The number of carboxylic acid groups (broad SMARTS) is 1. The fraction of sp³-hybridized carbons (Fsp3) is 0.312. The molecule has 0 bridgehead atoms. The van der Waals surface area contributed by atoms with Gasteiger partial charge in [0.1, 0.15) is 11.5 Å². The number of carboxylic acids is 1. The summed E-state index contributed by atoms with van der Waals surface area (Å²) in [4.78, 5) is 10.6. The van der Waals surface area contributed by atoms with Gasteiger partial charge in [-0.3, -0.25) is 4.79 Å². The largest absolute Gasteiger partial charge is 0.481 e. The molecule has 4 nitrogen and oxygen atoms in total. The minimum Gasteiger partial charge on any atom is -0.481 e. The molecule has 0 spiro atoms. The molecule has 0 saturated carbocycles. The number of rotatable bonds is 6. The lowest BCUT2D eigenvalue weighted by Gasteiger charge is -2.11. The van der Waals surface area contributed by atoms with Crippen LogP contribution in [-0.4, -0.2) is 11.1 Å². The lowest BCUT2D eigenvalue weighted by Crippen LogP contribution is -2.17. The molecule has 106 valence electrons. The monoisotopic (exact) mass is 273 g/mol. The van der Waals surface area contributed by atoms with Gasteiger partial charge < -0.3 is 14.8 Å². The SMILES string of the molecule is Cc1ccc(C(C)NCc2ccc(CC(=O)O)cc2)o1. The molecule has 1 heterocycles. The van der Waals surface area contributed by atoms with E-state index >= 15 is 0 Å². The van der Waals surface area contributed by atoms with Gasteiger partial charge in [0.05, 0.1) is 12.5 Å². The number of nitrogens with one attached hydrogen (secondary N) is 1. The summed E-state index contributed by atoms with van der Waals surface area (Å²) in [5.41, 5.74) is 1.94. The van der Waals surface area contributed by atoms with Gasteiger partial charge in [-0.05, 0) is 37.1 Å². The smallest absolute Gasteiger partial charge is 0.307 e. The van der Waals surface area contributed by atoms with Gasteiger partial charge in [0.25, 0.3) is 0 Å². The minimum absolute atomic E-state index is 0.0653. The quantitative estimate of drug-likeness (QED) is 0.849. The fourth-order valence-corrected chi connectivity index (χ4v) is 2.01. The highest BCUT2D eigenvalue weighted by atomic mass is 16.4. The molecule has 20 heavy (non-hydrogen) atoms. The number of furan rings is 1. The average Bonchev–Trinajstić information content (AvgIpc) is 2.84. The second-order valence-corrected chi connectivity index (χ2v) is 4.94. The molecule has 4 heteroatoms. The van der Waals surface area contributed by atoms with E-state index in [2.05, 4.69) is 12.2 Å². The van der Waals surface area contributed by atoms with E-state index in [9.17, 15) is 4.79 Å². The van der Waals surface area contributed by atoms with Gasteiger partial charge in [0, 0.05) is 6.54 Å². The highest BCUT2D eigenvalue weighted by molar-refractivity contribution is 5.70. The number of hydrogen-bond donors (Lipinski definition) is 2. The molecule has 0 aliphatic heterocycles. The molecular weight excluding hydrogens is 254 g/mol. The summed E-state index contributed by atoms with van der Waals surface area (Å²) in [6.07, 6.45) is 0.0653. The van der Waals surface area contributed by atoms with Gasteiger partial charge in [0.2, 0.25) is 0 Å².